The Morgan fingerprint density at radius 2 is 1.55 bits per heavy atom. The number of aliphatic hydroxyl groups excluding tert-OH is 3. The van der Waals surface area contributed by atoms with Crippen LogP contribution in [0.2, 0.25) is 0 Å². The molecule has 1 heterocycles. The molecule has 218 valence electrons. The van der Waals surface area contributed by atoms with Crippen LogP contribution in [0.1, 0.15) is 44.2 Å². The summed E-state index contributed by atoms with van der Waals surface area (Å²) in [6.07, 6.45) is -5.84. The summed E-state index contributed by atoms with van der Waals surface area (Å²) in [5.74, 6) is -1.03. The lowest BCUT2D eigenvalue weighted by Gasteiger charge is -2.34. The van der Waals surface area contributed by atoms with Gasteiger partial charge in [-0.3, -0.25) is 4.79 Å². The minimum Gasteiger partial charge on any atom is -0.464 e. The third-order valence-electron chi connectivity index (χ3n) is 6.65. The molecule has 2 aromatic carbocycles. The van der Waals surface area contributed by atoms with Gasteiger partial charge in [0.1, 0.15) is 24.9 Å². The third kappa shape index (κ3) is 9.02. The van der Waals surface area contributed by atoms with Crippen molar-refractivity contribution in [1.82, 2.24) is 10.2 Å². The smallest absolute Gasteiger partial charge is 0.410 e. The Hall–Kier alpha value is -3.51. The summed E-state index contributed by atoms with van der Waals surface area (Å²) in [4.78, 5) is 39.4. The van der Waals surface area contributed by atoms with Gasteiger partial charge in [0.05, 0.1) is 12.7 Å². The standard InChI is InChI=1S/C29H38N2O9/c1-3-38-27(35)23(30-19(2)32)15-14-22(16-24-25(33)26(34)28(36)40-24)31(17-20-10-6-4-7-11-20)29(37)39-18-21-12-8-5-9-13-21/h4-13,22-26,28,33-34,36H,3,14-18H2,1-2H3,(H,30,32)/t22-,23-,24+,25+,26+,28?/m0/s1. The first-order valence-electron chi connectivity index (χ1n) is 13.3. The Balaban J connectivity index is 1.88. The molecule has 0 saturated carbocycles. The monoisotopic (exact) mass is 558 g/mol. The Morgan fingerprint density at radius 3 is 2.10 bits per heavy atom. The molecule has 11 heteroatoms. The fourth-order valence-electron chi connectivity index (χ4n) is 4.61. The fourth-order valence-corrected chi connectivity index (χ4v) is 4.61. The number of esters is 1. The number of ether oxygens (including phenoxy) is 3. The molecule has 6 atom stereocenters. The van der Waals surface area contributed by atoms with Crippen molar-refractivity contribution in [3.63, 3.8) is 0 Å². The van der Waals surface area contributed by atoms with Gasteiger partial charge in [-0.25, -0.2) is 9.59 Å². The molecule has 1 fully saturated rings. The zero-order valence-electron chi connectivity index (χ0n) is 22.7. The van der Waals surface area contributed by atoms with Crippen molar-refractivity contribution >= 4 is 18.0 Å². The molecule has 0 aliphatic carbocycles. The highest BCUT2D eigenvalue weighted by atomic mass is 16.6. The summed E-state index contributed by atoms with van der Waals surface area (Å²) >= 11 is 0. The van der Waals surface area contributed by atoms with Crippen molar-refractivity contribution < 1.29 is 43.9 Å². The van der Waals surface area contributed by atoms with Crippen molar-refractivity contribution in [2.45, 2.75) is 82.9 Å². The first-order chi connectivity index (χ1) is 19.2. The molecule has 2 aromatic rings. The summed E-state index contributed by atoms with van der Waals surface area (Å²) in [5, 5.41) is 33.1. The molecule has 1 aliphatic rings. The van der Waals surface area contributed by atoms with E-state index in [0.29, 0.717) is 0 Å². The highest BCUT2D eigenvalue weighted by Gasteiger charge is 2.44. The maximum Gasteiger partial charge on any atom is 0.410 e. The molecular weight excluding hydrogens is 520 g/mol. The number of aliphatic hydroxyl groups is 3. The van der Waals surface area contributed by atoms with Crippen LogP contribution in [-0.2, 0) is 37.0 Å². The number of amides is 2. The normalized spacial score (nSPS) is 21.7. The lowest BCUT2D eigenvalue weighted by Crippen LogP contribution is -2.46. The van der Waals surface area contributed by atoms with E-state index in [9.17, 15) is 29.7 Å². The number of carbonyl (C=O) groups is 3. The van der Waals surface area contributed by atoms with Gasteiger partial charge < -0.3 is 39.7 Å². The quantitative estimate of drug-likeness (QED) is 0.270. The molecule has 0 bridgehead atoms. The second kappa shape index (κ2) is 15.3. The van der Waals surface area contributed by atoms with Crippen molar-refractivity contribution in [2.24, 2.45) is 0 Å². The molecule has 2 amide bonds. The Morgan fingerprint density at radius 1 is 0.925 bits per heavy atom. The molecule has 1 unspecified atom stereocenters. The SMILES string of the molecule is CCOC(=O)[C@H](CC[C@@H](C[C@H]1OC(O)[C@H](O)[C@@H]1O)N(Cc1ccccc1)C(=O)OCc1ccccc1)NC(C)=O. The predicted octanol–water partition coefficient (Wildman–Crippen LogP) is 1.87. The summed E-state index contributed by atoms with van der Waals surface area (Å²) in [7, 11) is 0. The number of carbonyl (C=O) groups excluding carboxylic acids is 3. The van der Waals surface area contributed by atoms with Crippen molar-refractivity contribution in [1.29, 1.82) is 0 Å². The van der Waals surface area contributed by atoms with Crippen LogP contribution in [0.4, 0.5) is 4.79 Å². The van der Waals surface area contributed by atoms with Crippen molar-refractivity contribution in [3.05, 3.63) is 71.8 Å². The Kier molecular flexibility index (Phi) is 11.9. The highest BCUT2D eigenvalue weighted by molar-refractivity contribution is 5.83. The van der Waals surface area contributed by atoms with Crippen LogP contribution in [0, 0.1) is 0 Å². The second-order valence-electron chi connectivity index (χ2n) is 9.67. The fraction of sp³-hybridized carbons (Fsp3) is 0.483. The molecule has 1 saturated heterocycles. The van der Waals surface area contributed by atoms with E-state index in [2.05, 4.69) is 5.32 Å². The van der Waals surface area contributed by atoms with Crippen LogP contribution in [0.15, 0.2) is 60.7 Å². The topological polar surface area (TPSA) is 155 Å². The first kappa shape index (κ1) is 31.0. The van der Waals surface area contributed by atoms with Crippen molar-refractivity contribution in [2.75, 3.05) is 6.61 Å². The van der Waals surface area contributed by atoms with Crippen LogP contribution in [0.3, 0.4) is 0 Å². The molecule has 11 nitrogen and oxygen atoms in total. The molecule has 1 aliphatic heterocycles. The largest absolute Gasteiger partial charge is 0.464 e. The minimum atomic E-state index is -1.58. The number of nitrogens with zero attached hydrogens (tertiary/aromatic N) is 1. The van der Waals surface area contributed by atoms with Gasteiger partial charge in [-0.15, -0.1) is 0 Å². The molecular formula is C29H38N2O9. The van der Waals surface area contributed by atoms with Gasteiger partial charge in [-0.05, 0) is 37.3 Å². The lowest BCUT2D eigenvalue weighted by molar-refractivity contribution is -0.147. The van der Waals surface area contributed by atoms with Gasteiger partial charge in [-0.2, -0.15) is 0 Å². The first-order valence-corrected chi connectivity index (χ1v) is 13.3. The van der Waals surface area contributed by atoms with Crippen LogP contribution in [0.25, 0.3) is 0 Å². The van der Waals surface area contributed by atoms with E-state index in [1.54, 1.807) is 6.92 Å². The number of nitrogens with one attached hydrogen (secondary N) is 1. The van der Waals surface area contributed by atoms with E-state index in [1.807, 2.05) is 60.7 Å². The Bertz CT molecular complexity index is 1090. The van der Waals surface area contributed by atoms with Gasteiger partial charge in [-0.1, -0.05) is 60.7 Å². The van der Waals surface area contributed by atoms with E-state index in [0.717, 1.165) is 11.1 Å². The molecule has 4 N–H and O–H groups in total. The van der Waals surface area contributed by atoms with E-state index < -0.39 is 54.7 Å². The van der Waals surface area contributed by atoms with E-state index in [1.165, 1.54) is 11.8 Å². The van der Waals surface area contributed by atoms with Gasteiger partial charge in [0.15, 0.2) is 6.29 Å². The van der Waals surface area contributed by atoms with E-state index >= 15 is 0 Å². The zero-order chi connectivity index (χ0) is 29.1. The molecule has 3 rings (SSSR count). The lowest BCUT2D eigenvalue weighted by atomic mass is 9.96. The summed E-state index contributed by atoms with van der Waals surface area (Å²) in [5.41, 5.74) is 1.60. The molecule has 0 radical (unpaired) electrons. The number of hydrogen-bond donors (Lipinski definition) is 4. The molecule has 0 spiro atoms. The average molecular weight is 559 g/mol. The molecule has 40 heavy (non-hydrogen) atoms. The van der Waals surface area contributed by atoms with Crippen LogP contribution in [-0.4, -0.2) is 81.5 Å². The van der Waals surface area contributed by atoms with Gasteiger partial charge in [0, 0.05) is 19.5 Å². The summed E-state index contributed by atoms with van der Waals surface area (Å²) < 4.78 is 16.2. The maximum absolute atomic E-state index is 13.5. The van der Waals surface area contributed by atoms with Gasteiger partial charge >= 0.3 is 12.1 Å². The minimum absolute atomic E-state index is 0.0121. The van der Waals surface area contributed by atoms with Gasteiger partial charge in [0.25, 0.3) is 0 Å². The second-order valence-corrected chi connectivity index (χ2v) is 9.67. The highest BCUT2D eigenvalue weighted by Crippen LogP contribution is 2.28. The summed E-state index contributed by atoms with van der Waals surface area (Å²) in [6, 6.07) is 16.7. The molecule has 0 aromatic heterocycles. The zero-order valence-corrected chi connectivity index (χ0v) is 22.7. The number of hydrogen-bond acceptors (Lipinski definition) is 9. The third-order valence-corrected chi connectivity index (χ3v) is 6.65. The van der Waals surface area contributed by atoms with E-state index in [-0.39, 0.29) is 39.0 Å². The number of rotatable bonds is 13. The van der Waals surface area contributed by atoms with Crippen LogP contribution in [0.5, 0.6) is 0 Å². The Labute approximate surface area is 233 Å². The van der Waals surface area contributed by atoms with Crippen molar-refractivity contribution in [3.8, 4) is 0 Å². The predicted molar refractivity (Wildman–Crippen MR) is 143 cm³/mol. The maximum atomic E-state index is 13.5. The van der Waals surface area contributed by atoms with Gasteiger partial charge in [0.2, 0.25) is 5.91 Å². The van der Waals surface area contributed by atoms with E-state index in [4.69, 9.17) is 14.2 Å². The number of benzene rings is 2. The summed E-state index contributed by atoms with van der Waals surface area (Å²) in [6.45, 7) is 3.23. The average Bonchev–Trinajstić information content (AvgIpc) is 3.19. The van der Waals surface area contributed by atoms with Crippen LogP contribution < -0.4 is 5.32 Å². The van der Waals surface area contributed by atoms with Crippen LogP contribution >= 0.6 is 0 Å².